The second-order valence-corrected chi connectivity index (χ2v) is 11.7. The lowest BCUT2D eigenvalue weighted by Crippen LogP contribution is -2.29. The highest BCUT2D eigenvalue weighted by atomic mass is 32.2. The lowest BCUT2D eigenvalue weighted by atomic mass is 10.1. The fourth-order valence-electron chi connectivity index (χ4n) is 4.65. The van der Waals surface area contributed by atoms with E-state index in [2.05, 4.69) is 20.6 Å². The molecule has 0 radical (unpaired) electrons. The van der Waals surface area contributed by atoms with E-state index in [4.69, 9.17) is 4.74 Å². The molecule has 46 heavy (non-hydrogen) atoms. The van der Waals surface area contributed by atoms with Gasteiger partial charge in [-0.25, -0.2) is 23.1 Å². The molecule has 13 heteroatoms. The van der Waals surface area contributed by atoms with Crippen LogP contribution in [0.15, 0.2) is 120 Å². The third-order valence-corrected chi connectivity index (χ3v) is 8.37. The average Bonchev–Trinajstić information content (AvgIpc) is 3.33. The molecule has 230 valence electrons. The summed E-state index contributed by atoms with van der Waals surface area (Å²) in [7, 11) is -3.83. The molecule has 4 aromatic carbocycles. The van der Waals surface area contributed by atoms with Crippen molar-refractivity contribution in [3.8, 4) is 5.75 Å². The number of ether oxygens (including phenoxy) is 1. The molecular weight excluding hydrogens is 610 g/mol. The Labute approximate surface area is 263 Å². The van der Waals surface area contributed by atoms with Gasteiger partial charge in [0.05, 0.1) is 33.1 Å². The minimum atomic E-state index is -3.83. The molecule has 0 saturated heterocycles. The number of imide groups is 1. The first-order valence-corrected chi connectivity index (χ1v) is 15.3. The summed E-state index contributed by atoms with van der Waals surface area (Å²) in [6.45, 7) is -0.124. The molecular formula is C33H25N5O7S. The maximum atomic E-state index is 12.8. The van der Waals surface area contributed by atoms with E-state index in [1.165, 1.54) is 36.5 Å². The number of hydrazine groups is 1. The Morgan fingerprint density at radius 3 is 2.07 bits per heavy atom. The van der Waals surface area contributed by atoms with Gasteiger partial charge in [-0.15, -0.1) is 0 Å². The van der Waals surface area contributed by atoms with E-state index in [9.17, 15) is 27.9 Å². The number of anilines is 4. The normalized spacial score (nSPS) is 12.4. The van der Waals surface area contributed by atoms with Crippen molar-refractivity contribution in [2.24, 2.45) is 0 Å². The maximum absolute atomic E-state index is 12.8. The van der Waals surface area contributed by atoms with Crippen LogP contribution in [0.2, 0.25) is 0 Å². The third kappa shape index (κ3) is 6.21. The van der Waals surface area contributed by atoms with Gasteiger partial charge in [0.2, 0.25) is 0 Å². The van der Waals surface area contributed by atoms with Crippen LogP contribution in [0.4, 0.5) is 22.9 Å². The molecule has 1 aromatic heterocycles. The van der Waals surface area contributed by atoms with Gasteiger partial charge in [0.15, 0.2) is 0 Å². The van der Waals surface area contributed by atoms with Crippen LogP contribution in [-0.2, 0) is 21.4 Å². The number of carbonyl (C=O) groups is 3. The molecule has 2 heterocycles. The van der Waals surface area contributed by atoms with Gasteiger partial charge in [-0.05, 0) is 84.4 Å². The fourth-order valence-corrected chi connectivity index (χ4v) is 5.66. The lowest BCUT2D eigenvalue weighted by Gasteiger charge is -2.15. The average molecular weight is 636 g/mol. The molecule has 0 fully saturated rings. The second kappa shape index (κ2) is 12.4. The monoisotopic (exact) mass is 635 g/mol. The summed E-state index contributed by atoms with van der Waals surface area (Å²) in [4.78, 5) is 43.4. The number of phenols is 1. The summed E-state index contributed by atoms with van der Waals surface area (Å²) in [5.74, 6) is -1.67. The van der Waals surface area contributed by atoms with Crippen molar-refractivity contribution in [3.05, 3.63) is 138 Å². The smallest absolute Gasteiger partial charge is 0.342 e. The first-order chi connectivity index (χ1) is 22.2. The Kier molecular flexibility index (Phi) is 8.06. The standard InChI is InChI=1S/C33H25N5O7S/c39-29-17-12-23(36-35-22-10-15-25(16-11-22)46(43,44)37-30-7-3-4-18-34-30)19-28(29)33(42)45-20-21-8-13-24(14-9-21)38-31(40)26-5-1-2-6-27(26)32(38)41/h1-19,35-36,39H,20H2,(H,34,37). The molecule has 5 aromatic rings. The van der Waals surface area contributed by atoms with Crippen molar-refractivity contribution in [2.75, 3.05) is 20.5 Å². The molecule has 2 amide bonds. The Hall–Kier alpha value is -6.21. The number of rotatable bonds is 10. The van der Waals surface area contributed by atoms with Crippen LogP contribution in [0.25, 0.3) is 0 Å². The van der Waals surface area contributed by atoms with Crippen molar-refractivity contribution in [1.82, 2.24) is 4.98 Å². The van der Waals surface area contributed by atoms with Crippen LogP contribution in [0.3, 0.4) is 0 Å². The van der Waals surface area contributed by atoms with Gasteiger partial charge in [-0.3, -0.25) is 14.3 Å². The number of esters is 1. The number of carbonyl (C=O) groups excluding carboxylic acids is 3. The zero-order chi connectivity index (χ0) is 32.3. The van der Waals surface area contributed by atoms with Gasteiger partial charge in [0, 0.05) is 6.20 Å². The summed E-state index contributed by atoms with van der Waals surface area (Å²) in [6.07, 6.45) is 1.48. The van der Waals surface area contributed by atoms with Crippen LogP contribution in [0, 0.1) is 0 Å². The Bertz CT molecular complexity index is 2020. The molecule has 0 bridgehead atoms. The SMILES string of the molecule is O=C(OCc1ccc(N2C(=O)c3ccccc3C2=O)cc1)c1cc(NNc2ccc(S(=O)(=O)Nc3ccccn3)cc2)ccc1O. The van der Waals surface area contributed by atoms with Crippen LogP contribution in [0.5, 0.6) is 5.75 Å². The molecule has 0 unspecified atom stereocenters. The van der Waals surface area contributed by atoms with Crippen molar-refractivity contribution >= 4 is 50.7 Å². The van der Waals surface area contributed by atoms with E-state index in [-0.39, 0.29) is 28.6 Å². The number of hydrogen-bond donors (Lipinski definition) is 4. The lowest BCUT2D eigenvalue weighted by molar-refractivity contribution is 0.0469. The van der Waals surface area contributed by atoms with Gasteiger partial charge in [-0.1, -0.05) is 30.3 Å². The Morgan fingerprint density at radius 1 is 0.783 bits per heavy atom. The summed E-state index contributed by atoms with van der Waals surface area (Å²) in [6, 6.07) is 28.2. The van der Waals surface area contributed by atoms with Crippen LogP contribution < -0.4 is 20.5 Å². The number of fused-ring (bicyclic) bond motifs is 1. The predicted molar refractivity (Wildman–Crippen MR) is 170 cm³/mol. The first-order valence-electron chi connectivity index (χ1n) is 13.8. The number of phenolic OH excluding ortho intramolecular Hbond substituents is 1. The van der Waals surface area contributed by atoms with Gasteiger partial charge >= 0.3 is 5.97 Å². The van der Waals surface area contributed by atoms with Gasteiger partial charge in [0.25, 0.3) is 21.8 Å². The number of pyridine rings is 1. The number of aromatic nitrogens is 1. The number of nitrogens with one attached hydrogen (secondary N) is 3. The number of sulfonamides is 1. The van der Waals surface area contributed by atoms with Gasteiger partial charge in [-0.2, -0.15) is 0 Å². The number of hydrogen-bond acceptors (Lipinski definition) is 10. The van der Waals surface area contributed by atoms with E-state index in [0.29, 0.717) is 33.8 Å². The summed E-state index contributed by atoms with van der Waals surface area (Å²) in [5, 5.41) is 10.3. The third-order valence-electron chi connectivity index (χ3n) is 6.99. The van der Waals surface area contributed by atoms with E-state index >= 15 is 0 Å². The van der Waals surface area contributed by atoms with E-state index in [1.807, 2.05) is 0 Å². The van der Waals surface area contributed by atoms with Crippen molar-refractivity contribution in [3.63, 3.8) is 0 Å². The Morgan fingerprint density at radius 2 is 1.41 bits per heavy atom. The Balaban J connectivity index is 1.05. The van der Waals surface area contributed by atoms with Crippen LogP contribution in [0.1, 0.15) is 36.6 Å². The highest BCUT2D eigenvalue weighted by Gasteiger charge is 2.36. The van der Waals surface area contributed by atoms with Crippen LogP contribution in [-0.4, -0.2) is 36.3 Å². The molecule has 0 aliphatic carbocycles. The molecule has 0 atom stereocenters. The maximum Gasteiger partial charge on any atom is 0.342 e. The second-order valence-electron chi connectivity index (χ2n) is 10.1. The zero-order valence-corrected chi connectivity index (χ0v) is 24.7. The van der Waals surface area contributed by atoms with Gasteiger partial charge < -0.3 is 20.7 Å². The molecule has 4 N–H and O–H groups in total. The quantitative estimate of drug-likeness (QED) is 0.0695. The topological polar surface area (TPSA) is 167 Å². The predicted octanol–water partition coefficient (Wildman–Crippen LogP) is 5.18. The summed E-state index contributed by atoms with van der Waals surface area (Å²) in [5.41, 5.74) is 8.35. The molecule has 1 aliphatic heterocycles. The highest BCUT2D eigenvalue weighted by molar-refractivity contribution is 7.92. The number of benzene rings is 4. The van der Waals surface area contributed by atoms with Crippen molar-refractivity contribution in [2.45, 2.75) is 11.5 Å². The number of amides is 2. The minimum Gasteiger partial charge on any atom is -0.507 e. The van der Waals surface area contributed by atoms with E-state index < -0.39 is 27.8 Å². The highest BCUT2D eigenvalue weighted by Crippen LogP contribution is 2.29. The number of aromatic hydroxyl groups is 1. The molecule has 0 saturated carbocycles. The summed E-state index contributed by atoms with van der Waals surface area (Å²) >= 11 is 0. The van der Waals surface area contributed by atoms with E-state index in [1.54, 1.807) is 78.9 Å². The number of nitrogens with zero attached hydrogens (tertiary/aromatic N) is 2. The molecule has 6 rings (SSSR count). The molecule has 12 nitrogen and oxygen atoms in total. The van der Waals surface area contributed by atoms with Crippen LogP contribution >= 0.6 is 0 Å². The molecule has 1 aliphatic rings. The fraction of sp³-hybridized carbons (Fsp3) is 0.0303. The van der Waals surface area contributed by atoms with Crippen molar-refractivity contribution in [1.29, 1.82) is 0 Å². The zero-order valence-electron chi connectivity index (χ0n) is 23.9. The largest absolute Gasteiger partial charge is 0.507 e. The minimum absolute atomic E-state index is 0.0385. The summed E-state index contributed by atoms with van der Waals surface area (Å²) < 4.78 is 33.0. The molecule has 0 spiro atoms. The van der Waals surface area contributed by atoms with Gasteiger partial charge in [0.1, 0.15) is 23.7 Å². The first kappa shape index (κ1) is 29.8. The van der Waals surface area contributed by atoms with Crippen molar-refractivity contribution < 1.29 is 32.6 Å². The van der Waals surface area contributed by atoms with E-state index in [0.717, 1.165) is 4.90 Å².